The van der Waals surface area contributed by atoms with Crippen LogP contribution in [0.3, 0.4) is 0 Å². The molecule has 126 valence electrons. The summed E-state index contributed by atoms with van der Waals surface area (Å²) in [7, 11) is 0. The molecule has 1 aromatic heterocycles. The largest absolute Gasteiger partial charge is 0.378 e. The van der Waals surface area contributed by atoms with Crippen LogP contribution in [-0.4, -0.2) is 49.4 Å². The van der Waals surface area contributed by atoms with Gasteiger partial charge < -0.3 is 15.0 Å². The lowest BCUT2D eigenvalue weighted by Crippen LogP contribution is -2.36. The van der Waals surface area contributed by atoms with Gasteiger partial charge in [-0.2, -0.15) is 10.2 Å². The molecule has 7 nitrogen and oxygen atoms in total. The van der Waals surface area contributed by atoms with Crippen LogP contribution in [-0.2, 0) is 4.74 Å². The van der Waals surface area contributed by atoms with E-state index in [0.717, 1.165) is 25.2 Å². The molecule has 0 bridgehead atoms. The van der Waals surface area contributed by atoms with Gasteiger partial charge >= 0.3 is 0 Å². The summed E-state index contributed by atoms with van der Waals surface area (Å²) in [6.45, 7) is 3.53. The molecule has 24 heavy (non-hydrogen) atoms. The van der Waals surface area contributed by atoms with Gasteiger partial charge in [-0.15, -0.1) is 12.3 Å². The summed E-state index contributed by atoms with van der Waals surface area (Å²) in [6, 6.07) is 1.87. The number of nitrogens with zero attached hydrogens (tertiary/aromatic N) is 4. The van der Waals surface area contributed by atoms with Crippen molar-refractivity contribution in [1.82, 2.24) is 10.3 Å². The first-order valence-corrected chi connectivity index (χ1v) is 8.16. The zero-order chi connectivity index (χ0) is 16.8. The quantitative estimate of drug-likeness (QED) is 0.772. The van der Waals surface area contributed by atoms with Crippen molar-refractivity contribution < 1.29 is 9.53 Å². The van der Waals surface area contributed by atoms with Crippen molar-refractivity contribution in [1.29, 1.82) is 0 Å². The minimum absolute atomic E-state index is 0.134. The van der Waals surface area contributed by atoms with Gasteiger partial charge in [0, 0.05) is 45.1 Å². The minimum Gasteiger partial charge on any atom is -0.378 e. The van der Waals surface area contributed by atoms with E-state index in [-0.39, 0.29) is 11.6 Å². The smallest absolute Gasteiger partial charge is 0.252 e. The summed E-state index contributed by atoms with van der Waals surface area (Å²) < 4.78 is 5.35. The third-order valence-corrected chi connectivity index (χ3v) is 4.23. The van der Waals surface area contributed by atoms with Gasteiger partial charge in [0.15, 0.2) is 5.66 Å². The van der Waals surface area contributed by atoms with Gasteiger partial charge in [-0.3, -0.25) is 9.78 Å². The first kappa shape index (κ1) is 16.4. The van der Waals surface area contributed by atoms with Crippen LogP contribution in [0.25, 0.3) is 0 Å². The highest BCUT2D eigenvalue weighted by Crippen LogP contribution is 2.36. The third-order valence-electron chi connectivity index (χ3n) is 4.23. The average Bonchev–Trinajstić information content (AvgIpc) is 3.41. The Bertz CT molecular complexity index is 655. The molecule has 3 heterocycles. The average molecular weight is 327 g/mol. The first-order valence-electron chi connectivity index (χ1n) is 8.16. The molecule has 1 saturated heterocycles. The molecule has 0 radical (unpaired) electrons. The van der Waals surface area contributed by atoms with E-state index in [1.165, 1.54) is 0 Å². The van der Waals surface area contributed by atoms with Crippen LogP contribution in [0, 0.1) is 12.3 Å². The number of aromatic nitrogens is 1. The van der Waals surface area contributed by atoms with E-state index in [2.05, 4.69) is 31.3 Å². The summed E-state index contributed by atoms with van der Waals surface area (Å²) >= 11 is 0. The number of anilines is 1. The van der Waals surface area contributed by atoms with Crippen LogP contribution in [0.2, 0.25) is 0 Å². The highest BCUT2D eigenvalue weighted by Gasteiger charge is 2.38. The van der Waals surface area contributed by atoms with Gasteiger partial charge in [0.1, 0.15) is 0 Å². The zero-order valence-electron chi connectivity index (χ0n) is 13.6. The standard InChI is InChI=1S/C17H21N5O2/c1-2-3-4-17(20-21-17)5-6-19-16(23)14-11-15(13-18-12-14)22-7-9-24-10-8-22/h1,11-13H,3-10H2,(H,19,23). The number of terminal acetylenes is 1. The zero-order valence-corrected chi connectivity index (χ0v) is 13.6. The summed E-state index contributed by atoms with van der Waals surface area (Å²) in [5, 5.41) is 11.0. The third kappa shape index (κ3) is 4.09. The van der Waals surface area contributed by atoms with E-state index >= 15 is 0 Å². The summed E-state index contributed by atoms with van der Waals surface area (Å²) in [4.78, 5) is 18.7. The lowest BCUT2D eigenvalue weighted by Gasteiger charge is -2.28. The molecular weight excluding hydrogens is 306 g/mol. The van der Waals surface area contributed by atoms with Crippen molar-refractivity contribution >= 4 is 11.6 Å². The topological polar surface area (TPSA) is 79.2 Å². The number of hydrogen-bond acceptors (Lipinski definition) is 6. The Morgan fingerprint density at radius 3 is 2.83 bits per heavy atom. The fourth-order valence-electron chi connectivity index (χ4n) is 2.69. The molecular formula is C17H21N5O2. The molecule has 0 spiro atoms. The summed E-state index contributed by atoms with van der Waals surface area (Å²) in [5.74, 6) is 2.46. The van der Waals surface area contributed by atoms with Gasteiger partial charge in [0.05, 0.1) is 30.7 Å². The monoisotopic (exact) mass is 327 g/mol. The van der Waals surface area contributed by atoms with Crippen LogP contribution in [0.15, 0.2) is 28.7 Å². The highest BCUT2D eigenvalue weighted by molar-refractivity contribution is 5.94. The number of hydrogen-bond donors (Lipinski definition) is 1. The Balaban J connectivity index is 1.51. The molecule has 1 fully saturated rings. The van der Waals surface area contributed by atoms with Gasteiger partial charge in [-0.25, -0.2) is 0 Å². The Morgan fingerprint density at radius 1 is 1.33 bits per heavy atom. The molecule has 0 aromatic carbocycles. The number of carbonyl (C=O) groups is 1. The van der Waals surface area contributed by atoms with Crippen molar-refractivity contribution in [2.75, 3.05) is 37.7 Å². The lowest BCUT2D eigenvalue weighted by molar-refractivity contribution is 0.0951. The molecule has 3 rings (SSSR count). The number of nitrogens with one attached hydrogen (secondary N) is 1. The predicted molar refractivity (Wildman–Crippen MR) is 89.9 cm³/mol. The number of morpholine rings is 1. The van der Waals surface area contributed by atoms with Crippen LogP contribution in [0.4, 0.5) is 5.69 Å². The van der Waals surface area contributed by atoms with E-state index in [4.69, 9.17) is 11.2 Å². The second-order valence-electron chi connectivity index (χ2n) is 5.92. The molecule has 2 aliphatic rings. The lowest BCUT2D eigenvalue weighted by atomic mass is 10.0. The maximum absolute atomic E-state index is 12.3. The Hall–Kier alpha value is -2.46. The fraction of sp³-hybridized carbons (Fsp3) is 0.529. The number of rotatable bonds is 7. The SMILES string of the molecule is C#CCCC1(CCNC(=O)c2cncc(N3CCOCC3)c2)N=N1. The van der Waals surface area contributed by atoms with Crippen molar-refractivity contribution in [3.8, 4) is 12.3 Å². The Kier molecular flexibility index (Phi) is 5.06. The van der Waals surface area contributed by atoms with Gasteiger partial charge in [0.2, 0.25) is 0 Å². The Morgan fingerprint density at radius 2 is 2.12 bits per heavy atom. The molecule has 0 saturated carbocycles. The van der Waals surface area contributed by atoms with E-state index < -0.39 is 0 Å². The highest BCUT2D eigenvalue weighted by atomic mass is 16.5. The normalized spacial score (nSPS) is 18.0. The van der Waals surface area contributed by atoms with Crippen molar-refractivity contribution in [2.24, 2.45) is 10.2 Å². The number of pyridine rings is 1. The van der Waals surface area contributed by atoms with Gasteiger partial charge in [0.25, 0.3) is 5.91 Å². The van der Waals surface area contributed by atoms with E-state index in [0.29, 0.717) is 38.2 Å². The Labute approximate surface area is 141 Å². The molecule has 0 atom stereocenters. The molecule has 0 aliphatic carbocycles. The number of ether oxygens (including phenoxy) is 1. The van der Waals surface area contributed by atoms with E-state index in [9.17, 15) is 4.79 Å². The first-order chi connectivity index (χ1) is 11.7. The van der Waals surface area contributed by atoms with E-state index in [1.54, 1.807) is 12.4 Å². The van der Waals surface area contributed by atoms with Crippen LogP contribution in [0.1, 0.15) is 29.6 Å². The van der Waals surface area contributed by atoms with Gasteiger partial charge in [-0.05, 0) is 6.07 Å². The van der Waals surface area contributed by atoms with E-state index in [1.807, 2.05) is 6.07 Å². The van der Waals surface area contributed by atoms with Crippen molar-refractivity contribution in [2.45, 2.75) is 24.9 Å². The molecule has 1 N–H and O–H groups in total. The molecule has 1 amide bonds. The molecule has 1 aromatic rings. The number of amides is 1. The second-order valence-corrected chi connectivity index (χ2v) is 5.92. The van der Waals surface area contributed by atoms with Gasteiger partial charge in [-0.1, -0.05) is 0 Å². The van der Waals surface area contributed by atoms with Crippen LogP contribution in [0.5, 0.6) is 0 Å². The number of carbonyl (C=O) groups excluding carboxylic acids is 1. The second kappa shape index (κ2) is 7.41. The predicted octanol–water partition coefficient (Wildman–Crippen LogP) is 1.61. The van der Waals surface area contributed by atoms with Crippen molar-refractivity contribution in [3.05, 3.63) is 24.0 Å². The van der Waals surface area contributed by atoms with Crippen LogP contribution < -0.4 is 10.2 Å². The molecule has 2 aliphatic heterocycles. The summed E-state index contributed by atoms with van der Waals surface area (Å²) in [6.07, 6.45) is 10.7. The maximum atomic E-state index is 12.3. The minimum atomic E-state index is -0.368. The maximum Gasteiger partial charge on any atom is 0.252 e. The summed E-state index contributed by atoms with van der Waals surface area (Å²) in [5.41, 5.74) is 1.14. The fourth-order valence-corrected chi connectivity index (χ4v) is 2.69. The molecule has 7 heteroatoms. The van der Waals surface area contributed by atoms with Crippen molar-refractivity contribution in [3.63, 3.8) is 0 Å². The molecule has 0 unspecified atom stereocenters. The van der Waals surface area contributed by atoms with Crippen LogP contribution >= 0.6 is 0 Å².